The molecule has 0 aliphatic carbocycles. The summed E-state index contributed by atoms with van der Waals surface area (Å²) in [6.45, 7) is 4.77. The third kappa shape index (κ3) is 8.77. The third-order valence-corrected chi connectivity index (χ3v) is 4.81. The van der Waals surface area contributed by atoms with Crippen LogP contribution in [0.5, 0.6) is 0 Å². The van der Waals surface area contributed by atoms with Crippen LogP contribution in [0.3, 0.4) is 0 Å². The van der Waals surface area contributed by atoms with Gasteiger partial charge >= 0.3 is 5.97 Å². The van der Waals surface area contributed by atoms with E-state index in [0.29, 0.717) is 50.6 Å². The third-order valence-electron chi connectivity index (χ3n) is 4.81. The zero-order valence-electron chi connectivity index (χ0n) is 18.3. The van der Waals surface area contributed by atoms with Gasteiger partial charge in [0.2, 0.25) is 0 Å². The van der Waals surface area contributed by atoms with E-state index in [1.54, 1.807) is 24.3 Å². The Kier molecular flexibility index (Phi) is 11.8. The number of benzene rings is 1. The number of rotatable bonds is 17. The van der Waals surface area contributed by atoms with Gasteiger partial charge in [-0.3, -0.25) is 19.3 Å². The van der Waals surface area contributed by atoms with Crippen LogP contribution >= 0.6 is 0 Å². The van der Waals surface area contributed by atoms with Crippen molar-refractivity contribution in [1.82, 2.24) is 4.90 Å². The molecule has 8 nitrogen and oxygen atoms in total. The average Bonchev–Trinajstić information content (AvgIpc) is 3.02. The van der Waals surface area contributed by atoms with Crippen molar-refractivity contribution in [3.05, 3.63) is 35.4 Å². The second-order valence-electron chi connectivity index (χ2n) is 7.18. The monoisotopic (exact) mass is 435 g/mol. The normalized spacial score (nSPS) is 13.0. The molecule has 1 heterocycles. The highest BCUT2D eigenvalue weighted by atomic mass is 16.6. The van der Waals surface area contributed by atoms with E-state index in [2.05, 4.69) is 6.92 Å². The van der Waals surface area contributed by atoms with Crippen molar-refractivity contribution in [1.29, 1.82) is 0 Å². The van der Waals surface area contributed by atoms with Gasteiger partial charge in [-0.25, -0.2) is 0 Å². The smallest absolute Gasteiger partial charge is 0.305 e. The van der Waals surface area contributed by atoms with Crippen LogP contribution in [0.15, 0.2) is 24.3 Å². The first-order valence-corrected chi connectivity index (χ1v) is 11.0. The lowest BCUT2D eigenvalue weighted by molar-refractivity contribution is -0.145. The van der Waals surface area contributed by atoms with E-state index in [4.69, 9.17) is 18.9 Å². The first kappa shape index (κ1) is 25.0. The van der Waals surface area contributed by atoms with Crippen molar-refractivity contribution >= 4 is 17.8 Å². The van der Waals surface area contributed by atoms with Crippen LogP contribution in [-0.2, 0) is 23.7 Å². The summed E-state index contributed by atoms with van der Waals surface area (Å²) in [6.07, 6.45) is 4.70. The highest BCUT2D eigenvalue weighted by Gasteiger charge is 2.34. The van der Waals surface area contributed by atoms with Gasteiger partial charge < -0.3 is 18.9 Å². The molecule has 1 aromatic carbocycles. The van der Waals surface area contributed by atoms with E-state index in [9.17, 15) is 14.4 Å². The molecule has 0 aromatic heterocycles. The molecule has 1 aliphatic heterocycles. The van der Waals surface area contributed by atoms with Gasteiger partial charge in [0.25, 0.3) is 11.8 Å². The fraction of sp³-hybridized carbons (Fsp3) is 0.609. The van der Waals surface area contributed by atoms with Gasteiger partial charge in [-0.05, 0) is 18.6 Å². The molecule has 1 aliphatic rings. The lowest BCUT2D eigenvalue weighted by Crippen LogP contribution is -2.33. The molecule has 8 heteroatoms. The minimum absolute atomic E-state index is 0.172. The van der Waals surface area contributed by atoms with Gasteiger partial charge in [0, 0.05) is 6.42 Å². The predicted molar refractivity (Wildman–Crippen MR) is 114 cm³/mol. The maximum absolute atomic E-state index is 12.2. The number of carbonyl (C=O) groups is 3. The number of nitrogens with zero attached hydrogens (tertiary/aromatic N) is 1. The van der Waals surface area contributed by atoms with Gasteiger partial charge in [0.15, 0.2) is 0 Å². The maximum atomic E-state index is 12.2. The Morgan fingerprint density at radius 3 is 1.90 bits per heavy atom. The molecule has 0 unspecified atom stereocenters. The summed E-state index contributed by atoms with van der Waals surface area (Å²) in [5.74, 6) is -0.728. The number of amides is 2. The largest absolute Gasteiger partial charge is 0.463 e. The molecule has 0 spiro atoms. The van der Waals surface area contributed by atoms with Crippen molar-refractivity contribution in [2.75, 3.05) is 52.8 Å². The summed E-state index contributed by atoms with van der Waals surface area (Å²) in [7, 11) is 0. The molecule has 2 rings (SSSR count). The highest BCUT2D eigenvalue weighted by molar-refractivity contribution is 6.21. The summed E-state index contributed by atoms with van der Waals surface area (Å²) in [5.41, 5.74) is 0.884. The topological polar surface area (TPSA) is 91.4 Å². The van der Waals surface area contributed by atoms with Crippen LogP contribution in [0.4, 0.5) is 0 Å². The Morgan fingerprint density at radius 1 is 0.774 bits per heavy atom. The number of esters is 1. The Bertz CT molecular complexity index is 672. The number of carbonyl (C=O) groups excluding carboxylic acids is 3. The molecule has 0 bridgehead atoms. The maximum Gasteiger partial charge on any atom is 0.305 e. The molecule has 0 saturated carbocycles. The lowest BCUT2D eigenvalue weighted by atomic mass is 10.1. The quantitative estimate of drug-likeness (QED) is 0.211. The lowest BCUT2D eigenvalue weighted by Gasteiger charge is -2.13. The minimum Gasteiger partial charge on any atom is -0.463 e. The standard InChI is InChI=1S/C23H33NO7/c1-2-3-4-5-10-21(25)31-18-17-30-16-15-29-14-13-28-12-11-24-22(26)19-8-6-7-9-20(19)23(24)27/h6-9H,2-5,10-18H2,1H3. The number of fused-ring (bicyclic) bond motifs is 1. The van der Waals surface area contributed by atoms with Gasteiger partial charge in [-0.2, -0.15) is 0 Å². The van der Waals surface area contributed by atoms with Crippen LogP contribution in [0.1, 0.15) is 59.7 Å². The van der Waals surface area contributed by atoms with Crippen LogP contribution in [0.25, 0.3) is 0 Å². The van der Waals surface area contributed by atoms with Crippen molar-refractivity contribution in [2.24, 2.45) is 0 Å². The fourth-order valence-electron chi connectivity index (χ4n) is 3.12. The summed E-state index contributed by atoms with van der Waals surface area (Å²) in [6, 6.07) is 6.80. The van der Waals surface area contributed by atoms with Crippen LogP contribution in [-0.4, -0.2) is 75.5 Å². The molecule has 31 heavy (non-hydrogen) atoms. The zero-order chi connectivity index (χ0) is 22.3. The zero-order valence-corrected chi connectivity index (χ0v) is 18.3. The first-order valence-electron chi connectivity index (χ1n) is 11.0. The summed E-state index contributed by atoms with van der Waals surface area (Å²) in [4.78, 5) is 37.1. The van der Waals surface area contributed by atoms with Crippen molar-refractivity contribution < 1.29 is 33.3 Å². The van der Waals surface area contributed by atoms with Gasteiger partial charge in [-0.15, -0.1) is 0 Å². The molecular formula is C23H33NO7. The number of hydrogen-bond donors (Lipinski definition) is 0. The summed E-state index contributed by atoms with van der Waals surface area (Å²) < 4.78 is 21.3. The second-order valence-corrected chi connectivity index (χ2v) is 7.18. The fourth-order valence-corrected chi connectivity index (χ4v) is 3.12. The Labute approximate surface area is 183 Å². The van der Waals surface area contributed by atoms with Gasteiger partial charge in [0.1, 0.15) is 6.61 Å². The average molecular weight is 436 g/mol. The van der Waals surface area contributed by atoms with E-state index in [0.717, 1.165) is 25.7 Å². The van der Waals surface area contributed by atoms with Crippen molar-refractivity contribution in [3.8, 4) is 0 Å². The van der Waals surface area contributed by atoms with Crippen LogP contribution < -0.4 is 0 Å². The van der Waals surface area contributed by atoms with Gasteiger partial charge in [0.05, 0.1) is 57.3 Å². The Balaban J connectivity index is 1.38. The van der Waals surface area contributed by atoms with Crippen molar-refractivity contribution in [3.63, 3.8) is 0 Å². The minimum atomic E-state index is -0.278. The second kappa shape index (κ2) is 14.7. The number of hydrogen-bond acceptors (Lipinski definition) is 7. The molecule has 172 valence electrons. The summed E-state index contributed by atoms with van der Waals surface area (Å²) in [5, 5.41) is 0. The number of imide groups is 1. The molecular weight excluding hydrogens is 402 g/mol. The molecule has 0 fully saturated rings. The molecule has 0 atom stereocenters. The van der Waals surface area contributed by atoms with Crippen molar-refractivity contribution in [2.45, 2.75) is 39.0 Å². The molecule has 0 saturated heterocycles. The SMILES string of the molecule is CCCCCCC(=O)OCCOCCOCCOCCN1C(=O)c2ccccc2C1=O. The predicted octanol–water partition coefficient (Wildman–Crippen LogP) is 2.85. The van der Waals surface area contributed by atoms with E-state index in [1.165, 1.54) is 4.90 Å². The Hall–Kier alpha value is -2.29. The van der Waals surface area contributed by atoms with Gasteiger partial charge in [-0.1, -0.05) is 38.3 Å². The van der Waals surface area contributed by atoms with Crippen LogP contribution in [0, 0.1) is 0 Å². The molecule has 0 N–H and O–H groups in total. The van der Waals surface area contributed by atoms with E-state index < -0.39 is 0 Å². The summed E-state index contributed by atoms with van der Waals surface area (Å²) >= 11 is 0. The molecule has 1 aromatic rings. The highest BCUT2D eigenvalue weighted by Crippen LogP contribution is 2.21. The Morgan fingerprint density at radius 2 is 1.32 bits per heavy atom. The molecule has 0 radical (unpaired) electrons. The first-order chi connectivity index (χ1) is 15.1. The van der Waals surface area contributed by atoms with Crippen LogP contribution in [0.2, 0.25) is 0 Å². The van der Waals surface area contributed by atoms with E-state index in [-0.39, 0.29) is 37.5 Å². The number of ether oxygens (including phenoxy) is 4. The van der Waals surface area contributed by atoms with E-state index in [1.807, 2.05) is 0 Å². The van der Waals surface area contributed by atoms with E-state index >= 15 is 0 Å². The molecule has 2 amide bonds. The number of unbranched alkanes of at least 4 members (excludes halogenated alkanes) is 3.